The van der Waals surface area contributed by atoms with Gasteiger partial charge >= 0.3 is 0 Å². The number of hydrogen-bond donors (Lipinski definition) is 0. The molecule has 0 bridgehead atoms. The van der Waals surface area contributed by atoms with E-state index in [4.69, 9.17) is 11.6 Å². The van der Waals surface area contributed by atoms with E-state index < -0.39 is 0 Å². The average molecular weight is 331 g/mol. The van der Waals surface area contributed by atoms with Crippen LogP contribution in [-0.2, 0) is 0 Å². The van der Waals surface area contributed by atoms with Gasteiger partial charge in [0.1, 0.15) is 5.15 Å². The quantitative estimate of drug-likeness (QED) is 0.604. The molecule has 112 valence electrons. The molecule has 2 aromatic heterocycles. The van der Waals surface area contributed by atoms with Crippen LogP contribution in [0.4, 0.5) is 0 Å². The molecule has 0 spiro atoms. The SMILES string of the molecule is O=C(c1cc2c(Cl)nc3ccccc3c2s1)N1CCCCC1. The summed E-state index contributed by atoms with van der Waals surface area (Å²) in [5, 5.41) is 2.41. The van der Waals surface area contributed by atoms with Crippen molar-refractivity contribution in [2.24, 2.45) is 0 Å². The third kappa shape index (κ3) is 2.27. The fourth-order valence-electron chi connectivity index (χ4n) is 3.03. The maximum Gasteiger partial charge on any atom is 0.263 e. The summed E-state index contributed by atoms with van der Waals surface area (Å²) in [5.41, 5.74) is 0.874. The second-order valence-corrected chi connectivity index (χ2v) is 7.04. The number of fused-ring (bicyclic) bond motifs is 3. The van der Waals surface area contributed by atoms with E-state index in [9.17, 15) is 4.79 Å². The molecule has 5 heteroatoms. The highest BCUT2D eigenvalue weighted by Gasteiger charge is 2.21. The number of halogens is 1. The minimum absolute atomic E-state index is 0.126. The van der Waals surface area contributed by atoms with Crippen molar-refractivity contribution in [1.29, 1.82) is 0 Å². The van der Waals surface area contributed by atoms with Crippen molar-refractivity contribution in [1.82, 2.24) is 9.88 Å². The van der Waals surface area contributed by atoms with E-state index in [0.29, 0.717) is 5.15 Å². The predicted octanol–water partition coefficient (Wildman–Crippen LogP) is 4.73. The zero-order valence-corrected chi connectivity index (χ0v) is 13.6. The van der Waals surface area contributed by atoms with Crippen LogP contribution < -0.4 is 0 Å². The molecule has 22 heavy (non-hydrogen) atoms. The van der Waals surface area contributed by atoms with Gasteiger partial charge in [0.05, 0.1) is 10.4 Å². The maximum absolute atomic E-state index is 12.7. The van der Waals surface area contributed by atoms with E-state index in [0.717, 1.165) is 51.8 Å². The van der Waals surface area contributed by atoms with E-state index in [1.807, 2.05) is 35.2 Å². The van der Waals surface area contributed by atoms with Crippen LogP contribution in [0.15, 0.2) is 30.3 Å². The van der Waals surface area contributed by atoms with Crippen molar-refractivity contribution in [3.05, 3.63) is 40.4 Å². The molecular formula is C17H15ClN2OS. The Hall–Kier alpha value is -1.65. The summed E-state index contributed by atoms with van der Waals surface area (Å²) in [4.78, 5) is 19.8. The third-order valence-corrected chi connectivity index (χ3v) is 5.62. The lowest BCUT2D eigenvalue weighted by atomic mass is 10.1. The zero-order chi connectivity index (χ0) is 15.1. The molecule has 1 aromatic carbocycles. The number of hydrogen-bond acceptors (Lipinski definition) is 3. The molecule has 0 radical (unpaired) electrons. The molecule has 3 heterocycles. The average Bonchev–Trinajstić information content (AvgIpc) is 3.01. The molecule has 4 rings (SSSR count). The van der Waals surface area contributed by atoms with Crippen LogP contribution in [0.25, 0.3) is 21.0 Å². The van der Waals surface area contributed by atoms with Gasteiger partial charge in [0.25, 0.3) is 5.91 Å². The highest BCUT2D eigenvalue weighted by molar-refractivity contribution is 7.21. The first-order valence-corrected chi connectivity index (χ1v) is 8.70. The summed E-state index contributed by atoms with van der Waals surface area (Å²) in [5.74, 6) is 0.126. The molecule has 1 aliphatic rings. The minimum Gasteiger partial charge on any atom is -0.338 e. The van der Waals surface area contributed by atoms with Gasteiger partial charge in [0, 0.05) is 28.6 Å². The maximum atomic E-state index is 12.7. The Kier molecular flexibility index (Phi) is 3.51. The van der Waals surface area contributed by atoms with Gasteiger partial charge in [-0.3, -0.25) is 4.79 Å². The fraction of sp³-hybridized carbons (Fsp3) is 0.294. The topological polar surface area (TPSA) is 33.2 Å². The predicted molar refractivity (Wildman–Crippen MR) is 91.9 cm³/mol. The smallest absolute Gasteiger partial charge is 0.263 e. The molecule has 1 saturated heterocycles. The standard InChI is InChI=1S/C17H15ClN2OS/c18-16-12-10-14(17(21)20-8-4-1-5-9-20)22-15(12)11-6-2-3-7-13(11)19-16/h2-3,6-7,10H,1,4-5,8-9H2. The fourth-order valence-corrected chi connectivity index (χ4v) is 4.49. The molecule has 1 fully saturated rings. The van der Waals surface area contributed by atoms with Gasteiger partial charge in [-0.15, -0.1) is 11.3 Å². The van der Waals surface area contributed by atoms with Crippen molar-refractivity contribution in [3.63, 3.8) is 0 Å². The van der Waals surface area contributed by atoms with E-state index in [1.54, 1.807) is 0 Å². The lowest BCUT2D eigenvalue weighted by molar-refractivity contribution is 0.0729. The number of rotatable bonds is 1. The summed E-state index contributed by atoms with van der Waals surface area (Å²) in [6, 6.07) is 9.83. The van der Waals surface area contributed by atoms with Gasteiger partial charge in [-0.2, -0.15) is 0 Å². The number of pyridine rings is 1. The zero-order valence-electron chi connectivity index (χ0n) is 12.0. The molecule has 1 amide bonds. The Labute approximate surface area is 137 Å². The van der Waals surface area contributed by atoms with Crippen LogP contribution in [0, 0.1) is 0 Å². The molecule has 3 aromatic rings. The van der Waals surface area contributed by atoms with Crippen molar-refractivity contribution in [2.75, 3.05) is 13.1 Å². The Morgan fingerprint density at radius 1 is 1.14 bits per heavy atom. The monoisotopic (exact) mass is 330 g/mol. The summed E-state index contributed by atoms with van der Waals surface area (Å²) < 4.78 is 1.05. The molecule has 0 atom stereocenters. The van der Waals surface area contributed by atoms with Crippen LogP contribution in [0.2, 0.25) is 5.15 Å². The highest BCUT2D eigenvalue weighted by Crippen LogP contribution is 2.36. The number of benzene rings is 1. The van der Waals surface area contributed by atoms with E-state index >= 15 is 0 Å². The first-order valence-electron chi connectivity index (χ1n) is 7.51. The number of piperidine rings is 1. The van der Waals surface area contributed by atoms with Crippen LogP contribution in [0.5, 0.6) is 0 Å². The summed E-state index contributed by atoms with van der Waals surface area (Å²) in [6.07, 6.45) is 3.42. The number of carbonyl (C=O) groups is 1. The van der Waals surface area contributed by atoms with Crippen molar-refractivity contribution >= 4 is 49.8 Å². The van der Waals surface area contributed by atoms with Gasteiger partial charge < -0.3 is 4.90 Å². The molecule has 0 aliphatic carbocycles. The lowest BCUT2D eigenvalue weighted by Crippen LogP contribution is -2.35. The molecular weight excluding hydrogens is 316 g/mol. The largest absolute Gasteiger partial charge is 0.338 e. The minimum atomic E-state index is 0.126. The first kappa shape index (κ1) is 14.0. The lowest BCUT2D eigenvalue weighted by Gasteiger charge is -2.26. The number of carbonyl (C=O) groups excluding carboxylic acids is 1. The normalized spacial score (nSPS) is 15.6. The Morgan fingerprint density at radius 2 is 1.91 bits per heavy atom. The van der Waals surface area contributed by atoms with Crippen LogP contribution >= 0.6 is 22.9 Å². The van der Waals surface area contributed by atoms with Gasteiger partial charge in [-0.05, 0) is 31.4 Å². The second-order valence-electron chi connectivity index (χ2n) is 5.63. The van der Waals surface area contributed by atoms with Gasteiger partial charge in [0.2, 0.25) is 0 Å². The summed E-state index contributed by atoms with van der Waals surface area (Å²) in [6.45, 7) is 1.72. The Morgan fingerprint density at radius 3 is 2.73 bits per heavy atom. The van der Waals surface area contributed by atoms with Crippen molar-refractivity contribution < 1.29 is 4.79 Å². The number of likely N-dealkylation sites (tertiary alicyclic amines) is 1. The highest BCUT2D eigenvalue weighted by atomic mass is 35.5. The number of para-hydroxylation sites is 1. The first-order chi connectivity index (χ1) is 10.7. The third-order valence-electron chi connectivity index (χ3n) is 4.18. The second kappa shape index (κ2) is 5.52. The number of nitrogens with zero attached hydrogens (tertiary/aromatic N) is 2. The van der Waals surface area contributed by atoms with E-state index in [2.05, 4.69) is 4.98 Å². The summed E-state index contributed by atoms with van der Waals surface area (Å²) in [7, 11) is 0. The van der Waals surface area contributed by atoms with Crippen LogP contribution in [-0.4, -0.2) is 28.9 Å². The van der Waals surface area contributed by atoms with Crippen LogP contribution in [0.1, 0.15) is 28.9 Å². The molecule has 3 nitrogen and oxygen atoms in total. The van der Waals surface area contributed by atoms with Gasteiger partial charge in [0.15, 0.2) is 0 Å². The Bertz CT molecular complexity index is 868. The molecule has 0 saturated carbocycles. The molecule has 1 aliphatic heterocycles. The van der Waals surface area contributed by atoms with Crippen molar-refractivity contribution in [3.8, 4) is 0 Å². The Balaban J connectivity index is 1.84. The number of aromatic nitrogens is 1. The van der Waals surface area contributed by atoms with Crippen LogP contribution in [0.3, 0.4) is 0 Å². The number of thiophene rings is 1. The molecule has 0 N–H and O–H groups in total. The van der Waals surface area contributed by atoms with E-state index in [-0.39, 0.29) is 5.91 Å². The van der Waals surface area contributed by atoms with Crippen molar-refractivity contribution in [2.45, 2.75) is 19.3 Å². The van der Waals surface area contributed by atoms with Gasteiger partial charge in [-0.1, -0.05) is 29.8 Å². The molecule has 0 unspecified atom stereocenters. The van der Waals surface area contributed by atoms with Gasteiger partial charge in [-0.25, -0.2) is 4.98 Å². The van der Waals surface area contributed by atoms with E-state index in [1.165, 1.54) is 17.8 Å². The number of amides is 1. The summed E-state index contributed by atoms with van der Waals surface area (Å²) >= 11 is 7.84.